The summed E-state index contributed by atoms with van der Waals surface area (Å²) in [6, 6.07) is 16.2. The quantitative estimate of drug-likeness (QED) is 0.336. The number of halogens is 1. The van der Waals surface area contributed by atoms with E-state index in [0.717, 1.165) is 10.3 Å². The van der Waals surface area contributed by atoms with Gasteiger partial charge in [-0.05, 0) is 24.3 Å². The van der Waals surface area contributed by atoms with Gasteiger partial charge in [0.25, 0.3) is 0 Å². The highest BCUT2D eigenvalue weighted by atomic mass is 35.5. The highest BCUT2D eigenvalue weighted by Gasteiger charge is 1.99. The number of para-hydroxylation sites is 1. The molecule has 0 radical (unpaired) electrons. The molecule has 0 atom stereocenters. The van der Waals surface area contributed by atoms with Crippen LogP contribution in [0.15, 0.2) is 54.6 Å². The van der Waals surface area contributed by atoms with Crippen LogP contribution >= 0.6 is 11.6 Å². The lowest BCUT2D eigenvalue weighted by Gasteiger charge is -2.02. The third-order valence-corrected chi connectivity index (χ3v) is 2.40. The molecule has 2 rings (SSSR count). The lowest BCUT2D eigenvalue weighted by molar-refractivity contribution is -0.354. The second kappa shape index (κ2) is 4.81. The molecule has 0 unspecified atom stereocenters. The predicted octanol–water partition coefficient (Wildman–Crippen LogP) is 3.60. The molecule has 0 aromatic heterocycles. The Bertz CT molecular complexity index is 491. The molecule has 0 saturated carbocycles. The van der Waals surface area contributed by atoms with E-state index < -0.39 is 0 Å². The molecule has 0 saturated heterocycles. The number of benzene rings is 2. The molecule has 80 valence electrons. The first-order valence-corrected chi connectivity index (χ1v) is 5.25. The summed E-state index contributed by atoms with van der Waals surface area (Å²) < 4.78 is 0.837. The summed E-state index contributed by atoms with van der Waals surface area (Å²) in [5, 5.41) is 12.4. The van der Waals surface area contributed by atoms with E-state index >= 15 is 0 Å². The molecule has 0 aliphatic carbocycles. The van der Waals surface area contributed by atoms with Crippen LogP contribution in [0, 0.1) is 5.21 Å². The summed E-state index contributed by atoms with van der Waals surface area (Å²) >= 11 is 5.76. The molecule has 2 aromatic carbocycles. The molecule has 0 heterocycles. The highest BCUT2D eigenvalue weighted by molar-refractivity contribution is 6.30. The molecular weight excluding hydrogens is 222 g/mol. The van der Waals surface area contributed by atoms with Crippen molar-refractivity contribution in [1.82, 2.24) is 0 Å². The first kappa shape index (κ1) is 10.7. The number of hydrogen-bond acceptors (Lipinski definition) is 1. The Balaban J connectivity index is 2.28. The van der Waals surface area contributed by atoms with Crippen molar-refractivity contribution in [2.24, 2.45) is 0 Å². The second-order valence-corrected chi connectivity index (χ2v) is 3.78. The maximum absolute atomic E-state index is 11.7. The molecule has 0 N–H and O–H groups in total. The minimum absolute atomic E-state index is 0.609. The Morgan fingerprint density at radius 3 is 2.19 bits per heavy atom. The Morgan fingerprint density at radius 1 is 0.938 bits per heavy atom. The topological polar surface area (TPSA) is 26.1 Å². The van der Waals surface area contributed by atoms with Crippen LogP contribution in [0.3, 0.4) is 0 Å². The molecule has 0 bridgehead atoms. The van der Waals surface area contributed by atoms with Gasteiger partial charge in [0.05, 0.1) is 0 Å². The first-order valence-electron chi connectivity index (χ1n) is 4.87. The fourth-order valence-corrected chi connectivity index (χ4v) is 1.46. The van der Waals surface area contributed by atoms with Crippen LogP contribution < -0.4 is 0 Å². The summed E-state index contributed by atoms with van der Waals surface area (Å²) in [4.78, 5) is 0. The monoisotopic (exact) mass is 231 g/mol. The van der Waals surface area contributed by atoms with Crippen molar-refractivity contribution in [3.8, 4) is 0 Å². The zero-order chi connectivity index (χ0) is 11.4. The molecule has 0 fully saturated rings. The van der Waals surface area contributed by atoms with Crippen LogP contribution in [-0.4, -0.2) is 11.0 Å². The van der Waals surface area contributed by atoms with Crippen LogP contribution in [0.5, 0.6) is 0 Å². The van der Waals surface area contributed by atoms with Crippen LogP contribution in [0.1, 0.15) is 5.56 Å². The third kappa shape index (κ3) is 2.61. The predicted molar refractivity (Wildman–Crippen MR) is 66.3 cm³/mol. The number of hydrogen-bond donors (Lipinski definition) is 0. The molecule has 0 aliphatic heterocycles. The maximum atomic E-state index is 11.7. The molecular formula is C13H10ClNO. The fourth-order valence-electron chi connectivity index (χ4n) is 1.33. The second-order valence-electron chi connectivity index (χ2n) is 3.34. The van der Waals surface area contributed by atoms with Gasteiger partial charge in [-0.25, -0.2) is 0 Å². The number of rotatable bonds is 2. The minimum Gasteiger partial charge on any atom is -0.618 e. The average molecular weight is 232 g/mol. The van der Waals surface area contributed by atoms with Crippen LogP contribution in [0.25, 0.3) is 0 Å². The largest absolute Gasteiger partial charge is 0.618 e. The van der Waals surface area contributed by atoms with E-state index in [1.165, 1.54) is 6.21 Å². The van der Waals surface area contributed by atoms with Crippen molar-refractivity contribution in [2.75, 3.05) is 0 Å². The molecule has 3 heteroatoms. The van der Waals surface area contributed by atoms with Crippen molar-refractivity contribution >= 4 is 23.5 Å². The summed E-state index contributed by atoms with van der Waals surface area (Å²) in [7, 11) is 0. The van der Waals surface area contributed by atoms with Crippen molar-refractivity contribution < 1.29 is 4.74 Å². The SMILES string of the molecule is [O-][N+](=Cc1ccc(Cl)cc1)c1ccccc1. The van der Waals surface area contributed by atoms with Gasteiger partial charge in [0.1, 0.15) is 0 Å². The van der Waals surface area contributed by atoms with E-state index in [4.69, 9.17) is 11.6 Å². The number of nitrogens with zero attached hydrogens (tertiary/aromatic N) is 1. The summed E-state index contributed by atoms with van der Waals surface area (Å²) in [5.41, 5.74) is 1.43. The van der Waals surface area contributed by atoms with Crippen molar-refractivity contribution in [3.63, 3.8) is 0 Å². The van der Waals surface area contributed by atoms with Gasteiger partial charge in [0.2, 0.25) is 5.69 Å². The van der Waals surface area contributed by atoms with Gasteiger partial charge in [-0.2, -0.15) is 4.74 Å². The summed E-state index contributed by atoms with van der Waals surface area (Å²) in [6.07, 6.45) is 1.52. The van der Waals surface area contributed by atoms with Crippen LogP contribution in [0.4, 0.5) is 5.69 Å². The fraction of sp³-hybridized carbons (Fsp3) is 0. The Labute approximate surface area is 99.0 Å². The lowest BCUT2D eigenvalue weighted by atomic mass is 10.2. The Hall–Kier alpha value is -1.80. The van der Waals surface area contributed by atoms with Gasteiger partial charge in [0.15, 0.2) is 6.21 Å². The highest BCUT2D eigenvalue weighted by Crippen LogP contribution is 2.11. The van der Waals surface area contributed by atoms with Gasteiger partial charge in [-0.15, -0.1) is 0 Å². The lowest BCUT2D eigenvalue weighted by Crippen LogP contribution is -1.98. The van der Waals surface area contributed by atoms with E-state index in [2.05, 4.69) is 0 Å². The zero-order valence-electron chi connectivity index (χ0n) is 8.51. The molecule has 16 heavy (non-hydrogen) atoms. The average Bonchev–Trinajstić information content (AvgIpc) is 2.33. The maximum Gasteiger partial charge on any atom is 0.216 e. The van der Waals surface area contributed by atoms with E-state index in [9.17, 15) is 5.21 Å². The van der Waals surface area contributed by atoms with Crippen molar-refractivity contribution in [3.05, 3.63) is 70.4 Å². The first-order chi connectivity index (χ1) is 7.75. The van der Waals surface area contributed by atoms with Crippen LogP contribution in [0.2, 0.25) is 5.02 Å². The van der Waals surface area contributed by atoms with Crippen LogP contribution in [-0.2, 0) is 0 Å². The van der Waals surface area contributed by atoms with E-state index in [0.29, 0.717) is 10.7 Å². The smallest absolute Gasteiger partial charge is 0.216 e. The minimum atomic E-state index is 0.609. The van der Waals surface area contributed by atoms with Gasteiger partial charge >= 0.3 is 0 Å². The molecule has 0 amide bonds. The standard InChI is InChI=1S/C13H10ClNO/c14-12-8-6-11(7-9-12)10-15(16)13-4-2-1-3-5-13/h1-10H. The summed E-state index contributed by atoms with van der Waals surface area (Å²) in [5.74, 6) is 0. The van der Waals surface area contributed by atoms with Gasteiger partial charge < -0.3 is 5.21 Å². The normalized spacial score (nSPS) is 11.4. The van der Waals surface area contributed by atoms with Gasteiger partial charge in [0, 0.05) is 22.7 Å². The zero-order valence-corrected chi connectivity index (χ0v) is 9.26. The molecule has 0 spiro atoms. The van der Waals surface area contributed by atoms with Gasteiger partial charge in [-0.3, -0.25) is 0 Å². The summed E-state index contributed by atoms with van der Waals surface area (Å²) in [6.45, 7) is 0. The van der Waals surface area contributed by atoms with E-state index in [1.807, 2.05) is 18.2 Å². The van der Waals surface area contributed by atoms with E-state index in [1.54, 1.807) is 36.4 Å². The third-order valence-electron chi connectivity index (χ3n) is 2.15. The Kier molecular flexibility index (Phi) is 3.22. The Morgan fingerprint density at radius 2 is 1.56 bits per heavy atom. The molecule has 2 aromatic rings. The van der Waals surface area contributed by atoms with Crippen molar-refractivity contribution in [1.29, 1.82) is 0 Å². The van der Waals surface area contributed by atoms with Gasteiger partial charge in [-0.1, -0.05) is 29.8 Å². The van der Waals surface area contributed by atoms with Crippen molar-refractivity contribution in [2.45, 2.75) is 0 Å². The molecule has 0 aliphatic rings. The molecule has 2 nitrogen and oxygen atoms in total. The van der Waals surface area contributed by atoms with E-state index in [-0.39, 0.29) is 0 Å².